The van der Waals surface area contributed by atoms with Crippen LogP contribution in [0.5, 0.6) is 0 Å². The fraction of sp³-hybridized carbons (Fsp3) is 1.00. The van der Waals surface area contributed by atoms with Crippen LogP contribution < -0.4 is 5.32 Å². The molecule has 2 aliphatic carbocycles. The van der Waals surface area contributed by atoms with Crippen LogP contribution in [0, 0.1) is 22.7 Å². The van der Waals surface area contributed by atoms with E-state index in [2.05, 4.69) is 39.9 Å². The van der Waals surface area contributed by atoms with Crippen LogP contribution in [0.2, 0.25) is 0 Å². The highest BCUT2D eigenvalue weighted by atomic mass is 16.5. The quantitative estimate of drug-likeness (QED) is 0.732. The molecule has 0 heterocycles. The first kappa shape index (κ1) is 14.3. The first-order chi connectivity index (χ1) is 8.36. The van der Waals surface area contributed by atoms with Gasteiger partial charge in [0.25, 0.3) is 0 Å². The number of rotatable bonds is 6. The summed E-state index contributed by atoms with van der Waals surface area (Å²) in [5.74, 6) is 1.57. The van der Waals surface area contributed by atoms with Crippen LogP contribution in [-0.4, -0.2) is 25.8 Å². The minimum atomic E-state index is 0.463. The van der Waals surface area contributed by atoms with Crippen molar-refractivity contribution in [3.8, 4) is 0 Å². The van der Waals surface area contributed by atoms with Crippen molar-refractivity contribution in [2.45, 2.75) is 59.9 Å². The van der Waals surface area contributed by atoms with E-state index in [1.54, 1.807) is 0 Å². The minimum Gasteiger partial charge on any atom is -0.380 e. The van der Waals surface area contributed by atoms with Gasteiger partial charge in [-0.3, -0.25) is 0 Å². The molecule has 1 N–H and O–H groups in total. The van der Waals surface area contributed by atoms with E-state index in [1.165, 1.54) is 19.3 Å². The molecule has 106 valence electrons. The van der Waals surface area contributed by atoms with Gasteiger partial charge in [0.05, 0.1) is 6.61 Å². The Morgan fingerprint density at radius 2 is 2.00 bits per heavy atom. The van der Waals surface area contributed by atoms with Gasteiger partial charge >= 0.3 is 0 Å². The average molecular weight is 253 g/mol. The lowest BCUT2D eigenvalue weighted by atomic mass is 9.68. The third-order valence-electron chi connectivity index (χ3n) is 5.32. The largest absolute Gasteiger partial charge is 0.380 e. The van der Waals surface area contributed by atoms with Gasteiger partial charge < -0.3 is 10.1 Å². The van der Waals surface area contributed by atoms with Gasteiger partial charge in [0.1, 0.15) is 0 Å². The third-order valence-corrected chi connectivity index (χ3v) is 5.32. The highest BCUT2D eigenvalue weighted by Crippen LogP contribution is 2.62. The van der Waals surface area contributed by atoms with Gasteiger partial charge in [0.2, 0.25) is 0 Å². The lowest BCUT2D eigenvalue weighted by Crippen LogP contribution is -2.51. The molecule has 2 fully saturated rings. The second kappa shape index (κ2) is 5.13. The Kier molecular flexibility index (Phi) is 4.08. The second-order valence-corrected chi connectivity index (χ2v) is 7.77. The van der Waals surface area contributed by atoms with Gasteiger partial charge in [0.15, 0.2) is 0 Å². The number of fused-ring (bicyclic) bond motifs is 2. The fourth-order valence-electron chi connectivity index (χ4n) is 4.41. The molecule has 2 aliphatic rings. The van der Waals surface area contributed by atoms with Gasteiger partial charge in [0, 0.05) is 19.2 Å². The normalized spacial score (nSPS) is 37.7. The first-order valence-electron chi connectivity index (χ1n) is 7.67. The summed E-state index contributed by atoms with van der Waals surface area (Å²) < 4.78 is 5.67. The van der Waals surface area contributed by atoms with Crippen molar-refractivity contribution < 1.29 is 4.74 Å². The van der Waals surface area contributed by atoms with Gasteiger partial charge in [-0.15, -0.1) is 0 Å². The van der Waals surface area contributed by atoms with Crippen LogP contribution in [0.4, 0.5) is 0 Å². The maximum absolute atomic E-state index is 5.67. The molecular formula is C16H31NO. The van der Waals surface area contributed by atoms with Crippen molar-refractivity contribution >= 4 is 0 Å². The molecule has 0 aromatic heterocycles. The Balaban J connectivity index is 1.78. The van der Waals surface area contributed by atoms with Crippen molar-refractivity contribution in [1.29, 1.82) is 0 Å². The van der Waals surface area contributed by atoms with Gasteiger partial charge in [-0.1, -0.05) is 34.6 Å². The Morgan fingerprint density at radius 1 is 1.28 bits per heavy atom. The molecule has 2 bridgehead atoms. The monoisotopic (exact) mass is 253 g/mol. The highest BCUT2D eigenvalue weighted by Gasteiger charge is 2.58. The predicted octanol–water partition coefficient (Wildman–Crippen LogP) is 3.46. The summed E-state index contributed by atoms with van der Waals surface area (Å²) in [5.41, 5.74) is 0.997. The van der Waals surface area contributed by atoms with Crippen LogP contribution in [0.15, 0.2) is 0 Å². The van der Waals surface area contributed by atoms with Crippen molar-refractivity contribution in [3.05, 3.63) is 0 Å². The molecule has 0 aliphatic heterocycles. The summed E-state index contributed by atoms with van der Waals surface area (Å²) in [5, 5.41) is 3.79. The topological polar surface area (TPSA) is 21.3 Å². The van der Waals surface area contributed by atoms with Crippen molar-refractivity contribution in [1.82, 2.24) is 5.32 Å². The van der Waals surface area contributed by atoms with E-state index < -0.39 is 0 Å². The first-order valence-corrected chi connectivity index (χ1v) is 7.67. The van der Waals surface area contributed by atoms with E-state index in [9.17, 15) is 0 Å². The number of hydrogen-bond donors (Lipinski definition) is 1. The smallest absolute Gasteiger partial charge is 0.0591 e. The van der Waals surface area contributed by atoms with Gasteiger partial charge in [-0.25, -0.2) is 0 Å². The third kappa shape index (κ3) is 2.60. The minimum absolute atomic E-state index is 0.463. The molecule has 18 heavy (non-hydrogen) atoms. The SMILES string of the molecule is CC(C)COCCNC1C(C)(C)[C@H]2CC[C@]1(C)C2. The molecule has 1 unspecified atom stereocenters. The zero-order valence-electron chi connectivity index (χ0n) is 12.9. The standard InChI is InChI=1S/C16H31NO/c1-12(2)11-18-9-8-17-14-15(3,4)13-6-7-16(14,5)10-13/h12-14,17H,6-11H2,1-5H3/t13-,14?,16+/m0/s1. The molecule has 2 heteroatoms. The number of ether oxygens (including phenoxy) is 1. The van der Waals surface area contributed by atoms with E-state index in [0.717, 1.165) is 25.7 Å². The van der Waals surface area contributed by atoms with E-state index >= 15 is 0 Å². The lowest BCUT2D eigenvalue weighted by Gasteiger charge is -2.43. The highest BCUT2D eigenvalue weighted by molar-refractivity contribution is 5.11. The van der Waals surface area contributed by atoms with E-state index in [1.807, 2.05) is 0 Å². The van der Waals surface area contributed by atoms with Crippen LogP contribution >= 0.6 is 0 Å². The van der Waals surface area contributed by atoms with E-state index in [0.29, 0.717) is 22.8 Å². The zero-order valence-corrected chi connectivity index (χ0v) is 12.9. The molecule has 0 saturated heterocycles. The summed E-state index contributed by atoms with van der Waals surface area (Å²) in [6.45, 7) is 14.5. The lowest BCUT2D eigenvalue weighted by molar-refractivity contribution is 0.0794. The van der Waals surface area contributed by atoms with E-state index in [-0.39, 0.29) is 0 Å². The van der Waals surface area contributed by atoms with Gasteiger partial charge in [-0.05, 0) is 41.9 Å². The molecule has 2 saturated carbocycles. The molecular weight excluding hydrogens is 222 g/mol. The Labute approximate surface area is 113 Å². The maximum atomic E-state index is 5.67. The van der Waals surface area contributed by atoms with Crippen LogP contribution in [0.3, 0.4) is 0 Å². The van der Waals surface area contributed by atoms with Crippen LogP contribution in [-0.2, 0) is 4.74 Å². The summed E-state index contributed by atoms with van der Waals surface area (Å²) in [4.78, 5) is 0. The van der Waals surface area contributed by atoms with Crippen LogP contribution in [0.25, 0.3) is 0 Å². The predicted molar refractivity (Wildman–Crippen MR) is 76.7 cm³/mol. The number of hydrogen-bond acceptors (Lipinski definition) is 2. The average Bonchev–Trinajstić information content (AvgIpc) is 2.72. The Morgan fingerprint density at radius 3 is 2.56 bits per heavy atom. The Hall–Kier alpha value is -0.0800. The van der Waals surface area contributed by atoms with Crippen molar-refractivity contribution in [2.75, 3.05) is 19.8 Å². The Bertz CT molecular complexity index is 282. The maximum Gasteiger partial charge on any atom is 0.0591 e. The molecule has 0 amide bonds. The summed E-state index contributed by atoms with van der Waals surface area (Å²) in [6, 6.07) is 0.673. The zero-order chi connectivity index (χ0) is 13.4. The van der Waals surface area contributed by atoms with Crippen LogP contribution in [0.1, 0.15) is 53.9 Å². The summed E-state index contributed by atoms with van der Waals surface area (Å²) in [6.07, 6.45) is 4.27. The number of nitrogens with one attached hydrogen (secondary N) is 1. The molecule has 0 aromatic carbocycles. The summed E-state index contributed by atoms with van der Waals surface area (Å²) >= 11 is 0. The molecule has 2 rings (SSSR count). The van der Waals surface area contributed by atoms with E-state index in [4.69, 9.17) is 4.74 Å². The molecule has 3 atom stereocenters. The van der Waals surface area contributed by atoms with Crippen molar-refractivity contribution in [2.24, 2.45) is 22.7 Å². The molecule has 0 aromatic rings. The van der Waals surface area contributed by atoms with Crippen molar-refractivity contribution in [3.63, 3.8) is 0 Å². The molecule has 0 spiro atoms. The van der Waals surface area contributed by atoms with Gasteiger partial charge in [-0.2, -0.15) is 0 Å². The fourth-order valence-corrected chi connectivity index (χ4v) is 4.41. The summed E-state index contributed by atoms with van der Waals surface area (Å²) in [7, 11) is 0. The second-order valence-electron chi connectivity index (χ2n) is 7.77. The molecule has 0 radical (unpaired) electrons. The molecule has 2 nitrogen and oxygen atoms in total.